The SMILES string of the molecule is CCCCCC(C)(C)c1ccc(O)c(C)c1. The Hall–Kier alpha value is -0.980. The molecule has 0 aliphatic rings. The van der Waals surface area contributed by atoms with Crippen molar-refractivity contribution >= 4 is 0 Å². The number of phenolic OH excluding ortho intramolecular Hbond substituents is 1. The van der Waals surface area contributed by atoms with Gasteiger partial charge >= 0.3 is 0 Å². The summed E-state index contributed by atoms with van der Waals surface area (Å²) in [5.74, 6) is 0.396. The number of rotatable bonds is 5. The summed E-state index contributed by atoms with van der Waals surface area (Å²) in [5.41, 5.74) is 2.52. The minimum Gasteiger partial charge on any atom is -0.508 e. The molecule has 0 aliphatic heterocycles. The third-order valence-corrected chi connectivity index (χ3v) is 3.38. The zero-order valence-corrected chi connectivity index (χ0v) is 11.0. The van der Waals surface area contributed by atoms with Gasteiger partial charge in [0.15, 0.2) is 0 Å². The Morgan fingerprint density at radius 1 is 1.19 bits per heavy atom. The van der Waals surface area contributed by atoms with Gasteiger partial charge < -0.3 is 5.11 Å². The largest absolute Gasteiger partial charge is 0.508 e. The molecule has 1 N–H and O–H groups in total. The Bertz CT molecular complexity index is 339. The normalized spacial score (nSPS) is 11.8. The third-order valence-electron chi connectivity index (χ3n) is 3.38. The van der Waals surface area contributed by atoms with Gasteiger partial charge in [0, 0.05) is 0 Å². The lowest BCUT2D eigenvalue weighted by Crippen LogP contribution is -2.17. The van der Waals surface area contributed by atoms with Gasteiger partial charge in [0.05, 0.1) is 0 Å². The number of unbranched alkanes of at least 4 members (excludes halogenated alkanes) is 2. The molecule has 0 spiro atoms. The second-order valence-corrected chi connectivity index (χ2v) is 5.34. The number of aryl methyl sites for hydroxylation is 1. The van der Waals surface area contributed by atoms with E-state index in [1.165, 1.54) is 31.2 Å². The predicted molar refractivity (Wildman–Crippen MR) is 70.0 cm³/mol. The lowest BCUT2D eigenvalue weighted by molar-refractivity contribution is 0.445. The molecule has 0 amide bonds. The number of hydrogen-bond donors (Lipinski definition) is 1. The summed E-state index contributed by atoms with van der Waals surface area (Å²) in [5, 5.41) is 9.52. The van der Waals surface area contributed by atoms with Crippen molar-refractivity contribution in [3.63, 3.8) is 0 Å². The molecule has 16 heavy (non-hydrogen) atoms. The Balaban J connectivity index is 2.76. The second kappa shape index (κ2) is 5.38. The maximum absolute atomic E-state index is 9.52. The van der Waals surface area contributed by atoms with Crippen LogP contribution in [0.4, 0.5) is 0 Å². The maximum Gasteiger partial charge on any atom is 0.118 e. The Labute approximate surface area is 99.5 Å². The topological polar surface area (TPSA) is 20.2 Å². The highest BCUT2D eigenvalue weighted by atomic mass is 16.3. The predicted octanol–water partition coefficient (Wildman–Crippen LogP) is 4.56. The van der Waals surface area contributed by atoms with Crippen LogP contribution in [-0.2, 0) is 5.41 Å². The molecule has 1 aromatic carbocycles. The average molecular weight is 220 g/mol. The fourth-order valence-corrected chi connectivity index (χ4v) is 2.04. The fourth-order valence-electron chi connectivity index (χ4n) is 2.04. The van der Waals surface area contributed by atoms with Gasteiger partial charge in [-0.3, -0.25) is 0 Å². The molecule has 0 heterocycles. The van der Waals surface area contributed by atoms with Crippen molar-refractivity contribution < 1.29 is 5.11 Å². The van der Waals surface area contributed by atoms with Crippen LogP contribution >= 0.6 is 0 Å². The number of benzene rings is 1. The van der Waals surface area contributed by atoms with E-state index in [2.05, 4.69) is 26.8 Å². The minimum absolute atomic E-state index is 0.216. The van der Waals surface area contributed by atoms with Gasteiger partial charge in [-0.1, -0.05) is 52.2 Å². The van der Waals surface area contributed by atoms with Crippen molar-refractivity contribution in [1.82, 2.24) is 0 Å². The Morgan fingerprint density at radius 2 is 1.88 bits per heavy atom. The van der Waals surface area contributed by atoms with E-state index in [0.29, 0.717) is 5.75 Å². The Morgan fingerprint density at radius 3 is 2.44 bits per heavy atom. The van der Waals surface area contributed by atoms with E-state index in [1.54, 1.807) is 0 Å². The molecule has 0 bridgehead atoms. The van der Waals surface area contributed by atoms with E-state index < -0.39 is 0 Å². The molecular weight excluding hydrogens is 196 g/mol. The summed E-state index contributed by atoms with van der Waals surface area (Å²) in [4.78, 5) is 0. The molecule has 0 aliphatic carbocycles. The monoisotopic (exact) mass is 220 g/mol. The summed E-state index contributed by atoms with van der Waals surface area (Å²) in [6, 6.07) is 5.97. The Kier molecular flexibility index (Phi) is 4.40. The smallest absolute Gasteiger partial charge is 0.118 e. The fraction of sp³-hybridized carbons (Fsp3) is 0.600. The molecule has 0 radical (unpaired) electrons. The maximum atomic E-state index is 9.52. The van der Waals surface area contributed by atoms with Crippen LogP contribution in [0, 0.1) is 6.92 Å². The van der Waals surface area contributed by atoms with Crippen LogP contribution < -0.4 is 0 Å². The van der Waals surface area contributed by atoms with Crippen molar-refractivity contribution in [2.24, 2.45) is 0 Å². The van der Waals surface area contributed by atoms with E-state index in [9.17, 15) is 5.11 Å². The molecule has 0 fully saturated rings. The lowest BCUT2D eigenvalue weighted by Gasteiger charge is -2.26. The molecule has 1 rings (SSSR count). The number of aromatic hydroxyl groups is 1. The molecule has 0 aromatic heterocycles. The van der Waals surface area contributed by atoms with Gasteiger partial charge in [0.2, 0.25) is 0 Å². The van der Waals surface area contributed by atoms with E-state index in [-0.39, 0.29) is 5.41 Å². The molecule has 1 aromatic rings. The van der Waals surface area contributed by atoms with Gasteiger partial charge in [-0.15, -0.1) is 0 Å². The summed E-state index contributed by atoms with van der Waals surface area (Å²) in [7, 11) is 0. The molecule has 0 atom stereocenters. The number of phenols is 1. The summed E-state index contributed by atoms with van der Waals surface area (Å²) < 4.78 is 0. The molecule has 90 valence electrons. The van der Waals surface area contributed by atoms with Gasteiger partial charge in [-0.2, -0.15) is 0 Å². The van der Waals surface area contributed by atoms with E-state index in [0.717, 1.165) is 5.56 Å². The molecule has 1 heteroatoms. The zero-order valence-electron chi connectivity index (χ0n) is 11.0. The van der Waals surface area contributed by atoms with E-state index >= 15 is 0 Å². The van der Waals surface area contributed by atoms with E-state index in [4.69, 9.17) is 0 Å². The van der Waals surface area contributed by atoms with Gasteiger partial charge in [0.1, 0.15) is 5.75 Å². The van der Waals surface area contributed by atoms with Crippen LogP contribution in [0.3, 0.4) is 0 Å². The van der Waals surface area contributed by atoms with Gasteiger partial charge in [-0.25, -0.2) is 0 Å². The minimum atomic E-state index is 0.216. The van der Waals surface area contributed by atoms with E-state index in [1.807, 2.05) is 19.1 Å². The van der Waals surface area contributed by atoms with Crippen LogP contribution in [0.1, 0.15) is 57.6 Å². The third kappa shape index (κ3) is 3.26. The summed E-state index contributed by atoms with van der Waals surface area (Å²) >= 11 is 0. The lowest BCUT2D eigenvalue weighted by atomic mass is 9.79. The highest BCUT2D eigenvalue weighted by Gasteiger charge is 2.20. The summed E-state index contributed by atoms with van der Waals surface area (Å²) in [6.07, 6.45) is 5.07. The first-order chi connectivity index (χ1) is 7.47. The molecule has 0 saturated carbocycles. The van der Waals surface area contributed by atoms with Crippen LogP contribution in [0.5, 0.6) is 5.75 Å². The molecule has 1 nitrogen and oxygen atoms in total. The molecule has 0 unspecified atom stereocenters. The zero-order chi connectivity index (χ0) is 12.2. The molecular formula is C15H24O. The first-order valence-electron chi connectivity index (χ1n) is 6.27. The van der Waals surface area contributed by atoms with Crippen molar-refractivity contribution in [3.8, 4) is 5.75 Å². The quantitative estimate of drug-likeness (QED) is 0.721. The standard InChI is InChI=1S/C15H24O/c1-5-6-7-10-15(3,4)13-8-9-14(16)12(2)11-13/h8-9,11,16H,5-7,10H2,1-4H3. The van der Waals surface area contributed by atoms with Crippen molar-refractivity contribution in [2.45, 2.75) is 58.8 Å². The van der Waals surface area contributed by atoms with Crippen molar-refractivity contribution in [1.29, 1.82) is 0 Å². The summed E-state index contributed by atoms with van der Waals surface area (Å²) in [6.45, 7) is 8.77. The van der Waals surface area contributed by atoms with Crippen molar-refractivity contribution in [2.75, 3.05) is 0 Å². The first-order valence-corrected chi connectivity index (χ1v) is 6.27. The van der Waals surface area contributed by atoms with Crippen molar-refractivity contribution in [3.05, 3.63) is 29.3 Å². The molecule has 0 saturated heterocycles. The highest BCUT2D eigenvalue weighted by molar-refractivity contribution is 5.37. The van der Waals surface area contributed by atoms with Gasteiger partial charge in [0.25, 0.3) is 0 Å². The average Bonchev–Trinajstić information content (AvgIpc) is 2.22. The van der Waals surface area contributed by atoms with Crippen LogP contribution in [0.15, 0.2) is 18.2 Å². The van der Waals surface area contributed by atoms with Crippen LogP contribution in [-0.4, -0.2) is 5.11 Å². The number of hydrogen-bond acceptors (Lipinski definition) is 1. The van der Waals surface area contributed by atoms with Crippen LogP contribution in [0.2, 0.25) is 0 Å². The van der Waals surface area contributed by atoms with Gasteiger partial charge in [-0.05, 0) is 36.0 Å². The van der Waals surface area contributed by atoms with Crippen LogP contribution in [0.25, 0.3) is 0 Å². The first kappa shape index (κ1) is 13.1. The highest BCUT2D eigenvalue weighted by Crippen LogP contribution is 2.31. The second-order valence-electron chi connectivity index (χ2n) is 5.34.